The van der Waals surface area contributed by atoms with Gasteiger partial charge in [-0.3, -0.25) is 4.79 Å². The normalized spacial score (nSPS) is 12.0. The molecule has 2 aromatic rings. The molecule has 1 atom stereocenters. The van der Waals surface area contributed by atoms with E-state index in [1.165, 1.54) is 24.1 Å². The number of rotatable bonds is 3. The van der Waals surface area contributed by atoms with Crippen LogP contribution in [-0.4, -0.2) is 22.8 Å². The Morgan fingerprint density at radius 2 is 1.86 bits per heavy atom. The van der Waals surface area contributed by atoms with E-state index in [0.29, 0.717) is 5.56 Å². The molecule has 1 amide bonds. The number of amides is 1. The molecule has 0 bridgehead atoms. The third kappa shape index (κ3) is 3.21. The fourth-order valence-electron chi connectivity index (χ4n) is 1.88. The van der Waals surface area contributed by atoms with Crippen LogP contribution in [0.25, 0.3) is 0 Å². The highest BCUT2D eigenvalue weighted by Crippen LogP contribution is 2.22. The first-order chi connectivity index (χ1) is 9.90. The molecule has 0 aliphatic rings. The largest absolute Gasteiger partial charge is 0.335 e. The maximum absolute atomic E-state index is 13.2. The van der Waals surface area contributed by atoms with E-state index in [1.54, 1.807) is 6.92 Å². The van der Waals surface area contributed by atoms with E-state index in [9.17, 15) is 18.0 Å². The molecule has 0 aliphatic heterocycles. The number of nitrogens with zero attached hydrogens (tertiary/aromatic N) is 2. The van der Waals surface area contributed by atoms with E-state index >= 15 is 0 Å². The minimum Gasteiger partial charge on any atom is -0.335 e. The lowest BCUT2D eigenvalue weighted by Crippen LogP contribution is -2.29. The predicted molar refractivity (Wildman–Crippen MR) is 71.1 cm³/mol. The van der Waals surface area contributed by atoms with E-state index < -0.39 is 23.6 Å². The van der Waals surface area contributed by atoms with Crippen molar-refractivity contribution in [1.82, 2.24) is 9.88 Å². The molecule has 1 aromatic heterocycles. The van der Waals surface area contributed by atoms with Gasteiger partial charge < -0.3 is 4.90 Å². The van der Waals surface area contributed by atoms with Crippen molar-refractivity contribution in [2.45, 2.75) is 13.0 Å². The van der Waals surface area contributed by atoms with E-state index in [-0.39, 0.29) is 11.5 Å². The van der Waals surface area contributed by atoms with Crippen LogP contribution in [0.2, 0.25) is 0 Å². The summed E-state index contributed by atoms with van der Waals surface area (Å²) >= 11 is 0. The monoisotopic (exact) mass is 294 g/mol. The van der Waals surface area contributed by atoms with Crippen LogP contribution in [-0.2, 0) is 0 Å². The molecule has 21 heavy (non-hydrogen) atoms. The lowest BCUT2D eigenvalue weighted by molar-refractivity contribution is 0.0742. The highest BCUT2D eigenvalue weighted by Gasteiger charge is 2.20. The van der Waals surface area contributed by atoms with Crippen LogP contribution in [0.5, 0.6) is 0 Å². The molecule has 1 unspecified atom stereocenters. The smallest absolute Gasteiger partial charge is 0.255 e. The number of aromatic nitrogens is 1. The second kappa shape index (κ2) is 5.95. The zero-order chi connectivity index (χ0) is 15.6. The second-order valence-electron chi connectivity index (χ2n) is 4.64. The Kier molecular flexibility index (Phi) is 4.26. The number of hydrogen-bond donors (Lipinski definition) is 0. The molecular formula is C15H13F3N2O. The van der Waals surface area contributed by atoms with Crippen molar-refractivity contribution in [3.63, 3.8) is 0 Å². The summed E-state index contributed by atoms with van der Waals surface area (Å²) in [7, 11) is 1.53. The average molecular weight is 294 g/mol. The van der Waals surface area contributed by atoms with Crippen molar-refractivity contribution >= 4 is 5.91 Å². The van der Waals surface area contributed by atoms with Crippen LogP contribution in [0.15, 0.2) is 36.5 Å². The summed E-state index contributed by atoms with van der Waals surface area (Å²) in [5.41, 5.74) is 0.674. The van der Waals surface area contributed by atoms with Gasteiger partial charge in [0.05, 0.1) is 11.6 Å². The second-order valence-corrected chi connectivity index (χ2v) is 4.64. The van der Waals surface area contributed by atoms with Crippen molar-refractivity contribution < 1.29 is 18.0 Å². The molecule has 1 heterocycles. The molecule has 0 aliphatic carbocycles. The Morgan fingerprint density at radius 3 is 2.43 bits per heavy atom. The molecule has 0 saturated heterocycles. The molecule has 6 heteroatoms. The van der Waals surface area contributed by atoms with E-state index in [4.69, 9.17) is 0 Å². The number of halogens is 3. The fraction of sp³-hybridized carbons (Fsp3) is 0.200. The Labute approximate surface area is 120 Å². The molecule has 0 spiro atoms. The summed E-state index contributed by atoms with van der Waals surface area (Å²) in [4.78, 5) is 17.0. The maximum Gasteiger partial charge on any atom is 0.255 e. The number of hydrogen-bond acceptors (Lipinski definition) is 2. The molecule has 1 aromatic carbocycles. The number of carbonyl (C=O) groups is 1. The van der Waals surface area contributed by atoms with Gasteiger partial charge in [-0.05, 0) is 36.8 Å². The topological polar surface area (TPSA) is 33.2 Å². The lowest BCUT2D eigenvalue weighted by Gasteiger charge is -2.25. The van der Waals surface area contributed by atoms with Gasteiger partial charge in [0.2, 0.25) is 5.95 Å². The predicted octanol–water partition coefficient (Wildman–Crippen LogP) is 3.33. The first-order valence-electron chi connectivity index (χ1n) is 6.24. The highest BCUT2D eigenvalue weighted by molar-refractivity contribution is 5.93. The van der Waals surface area contributed by atoms with Crippen molar-refractivity contribution in [3.05, 3.63) is 65.2 Å². The summed E-state index contributed by atoms with van der Waals surface area (Å²) in [5, 5.41) is 0. The quantitative estimate of drug-likeness (QED) is 0.814. The Balaban J connectivity index is 2.21. The molecule has 0 radical (unpaired) electrons. The van der Waals surface area contributed by atoms with Gasteiger partial charge in [-0.1, -0.05) is 6.07 Å². The standard InChI is InChI=1S/C15H13F3N2O/c1-9(10-3-5-12(16)13(17)7-10)20(2)15(21)11-4-6-14(18)19-8-11/h3-9H,1-2H3. The number of benzene rings is 1. The number of carbonyl (C=O) groups excluding carboxylic acids is 1. The van der Waals surface area contributed by atoms with Crippen molar-refractivity contribution in [1.29, 1.82) is 0 Å². The van der Waals surface area contributed by atoms with Gasteiger partial charge in [-0.15, -0.1) is 0 Å². The van der Waals surface area contributed by atoms with Crippen molar-refractivity contribution in [3.8, 4) is 0 Å². The Bertz CT molecular complexity index is 658. The van der Waals surface area contributed by atoms with Crippen LogP contribution < -0.4 is 0 Å². The molecule has 2 rings (SSSR count). The van der Waals surface area contributed by atoms with Gasteiger partial charge in [0.25, 0.3) is 5.91 Å². The maximum atomic E-state index is 13.2. The minimum absolute atomic E-state index is 0.216. The zero-order valence-corrected chi connectivity index (χ0v) is 11.5. The van der Waals surface area contributed by atoms with Gasteiger partial charge in [0.15, 0.2) is 11.6 Å². The van der Waals surface area contributed by atoms with Gasteiger partial charge in [-0.25, -0.2) is 13.8 Å². The summed E-state index contributed by atoms with van der Waals surface area (Å²) in [6.45, 7) is 1.68. The van der Waals surface area contributed by atoms with Crippen molar-refractivity contribution in [2.24, 2.45) is 0 Å². The number of pyridine rings is 1. The average Bonchev–Trinajstić information content (AvgIpc) is 2.48. The Morgan fingerprint density at radius 1 is 1.14 bits per heavy atom. The van der Waals surface area contributed by atoms with Crippen LogP contribution in [0.3, 0.4) is 0 Å². The molecule has 0 N–H and O–H groups in total. The first kappa shape index (κ1) is 15.0. The van der Waals surface area contributed by atoms with Crippen LogP contribution >= 0.6 is 0 Å². The summed E-state index contributed by atoms with van der Waals surface area (Å²) in [6.07, 6.45) is 1.13. The zero-order valence-electron chi connectivity index (χ0n) is 11.5. The van der Waals surface area contributed by atoms with Crippen molar-refractivity contribution in [2.75, 3.05) is 7.05 Å². The van der Waals surface area contributed by atoms with Gasteiger partial charge in [-0.2, -0.15) is 4.39 Å². The third-order valence-electron chi connectivity index (χ3n) is 3.30. The highest BCUT2D eigenvalue weighted by atomic mass is 19.2. The minimum atomic E-state index is -0.969. The van der Waals surface area contributed by atoms with E-state index in [1.807, 2.05) is 0 Å². The van der Waals surface area contributed by atoms with E-state index in [0.717, 1.165) is 24.4 Å². The van der Waals surface area contributed by atoms with Crippen LogP contribution in [0.4, 0.5) is 13.2 Å². The molecule has 0 saturated carbocycles. The summed E-state index contributed by atoms with van der Waals surface area (Å²) in [6, 6.07) is 5.40. The molecule has 110 valence electrons. The Hall–Kier alpha value is -2.37. The first-order valence-corrected chi connectivity index (χ1v) is 6.24. The van der Waals surface area contributed by atoms with Crippen LogP contribution in [0.1, 0.15) is 28.9 Å². The van der Waals surface area contributed by atoms with Gasteiger partial charge >= 0.3 is 0 Å². The van der Waals surface area contributed by atoms with Gasteiger partial charge in [0, 0.05) is 13.2 Å². The molecular weight excluding hydrogens is 281 g/mol. The summed E-state index contributed by atoms with van der Waals surface area (Å²) < 4.78 is 38.9. The molecule has 0 fully saturated rings. The lowest BCUT2D eigenvalue weighted by atomic mass is 10.1. The summed E-state index contributed by atoms with van der Waals surface area (Å²) in [5.74, 6) is -2.98. The van der Waals surface area contributed by atoms with E-state index in [2.05, 4.69) is 4.98 Å². The van der Waals surface area contributed by atoms with Gasteiger partial charge in [0.1, 0.15) is 0 Å². The van der Waals surface area contributed by atoms with Crippen LogP contribution in [0, 0.1) is 17.6 Å². The third-order valence-corrected chi connectivity index (χ3v) is 3.30. The fourth-order valence-corrected chi connectivity index (χ4v) is 1.88. The molecule has 3 nitrogen and oxygen atoms in total. The SMILES string of the molecule is CC(c1ccc(F)c(F)c1)N(C)C(=O)c1ccc(F)nc1.